The number of aromatic nitrogens is 2. The zero-order chi connectivity index (χ0) is 15.2. The van der Waals surface area contributed by atoms with Crippen LogP contribution in [0.1, 0.15) is 0 Å². The van der Waals surface area contributed by atoms with E-state index in [4.69, 9.17) is 23.2 Å². The number of rotatable bonds is 3. The third-order valence-corrected chi connectivity index (χ3v) is 5.30. The molecule has 2 aromatic heterocycles. The Hall–Kier alpha value is -1.35. The van der Waals surface area contributed by atoms with E-state index in [1.165, 1.54) is 28.0 Å². The summed E-state index contributed by atoms with van der Waals surface area (Å²) in [6, 6.07) is 3.38. The van der Waals surface area contributed by atoms with Gasteiger partial charge in [-0.2, -0.15) is 8.42 Å². The minimum absolute atomic E-state index is 0.00115. The van der Waals surface area contributed by atoms with Crippen LogP contribution in [0.5, 0.6) is 0 Å². The van der Waals surface area contributed by atoms with Crippen LogP contribution < -0.4 is 4.72 Å². The van der Waals surface area contributed by atoms with E-state index in [-0.39, 0.29) is 20.9 Å². The van der Waals surface area contributed by atoms with Crippen LogP contribution in [0.15, 0.2) is 34.8 Å². The van der Waals surface area contributed by atoms with E-state index in [0.717, 1.165) is 12.1 Å². The van der Waals surface area contributed by atoms with E-state index < -0.39 is 15.8 Å². The number of halogens is 3. The van der Waals surface area contributed by atoms with Crippen molar-refractivity contribution in [2.24, 2.45) is 0 Å². The molecule has 3 rings (SSSR count). The fourth-order valence-electron chi connectivity index (χ4n) is 1.80. The fourth-order valence-corrected chi connectivity index (χ4v) is 4.51. The lowest BCUT2D eigenvalue weighted by molar-refractivity contribution is 0.596. The summed E-state index contributed by atoms with van der Waals surface area (Å²) in [6.07, 6.45) is 1.53. The molecule has 0 amide bonds. The second kappa shape index (κ2) is 5.13. The van der Waals surface area contributed by atoms with Gasteiger partial charge in [-0.1, -0.05) is 23.2 Å². The van der Waals surface area contributed by atoms with Crippen LogP contribution in [0.2, 0.25) is 10.2 Å². The van der Waals surface area contributed by atoms with Crippen LogP contribution in [0.3, 0.4) is 0 Å². The molecule has 0 aliphatic carbocycles. The minimum Gasteiger partial charge on any atom is -0.278 e. The summed E-state index contributed by atoms with van der Waals surface area (Å²) >= 11 is 12.8. The molecule has 0 bridgehead atoms. The fraction of sp³-hybridized carbons (Fsp3) is 0. The SMILES string of the molecule is O=S(=O)(Nc1cc(F)cc(Cl)c1)c1c(Cl)nc2sccn12. The molecular weight excluding hydrogens is 360 g/mol. The average Bonchev–Trinajstić information content (AvgIpc) is 2.85. The van der Waals surface area contributed by atoms with Crippen molar-refractivity contribution < 1.29 is 12.8 Å². The third-order valence-electron chi connectivity index (χ3n) is 2.55. The maximum absolute atomic E-state index is 13.3. The highest BCUT2D eigenvalue weighted by atomic mass is 35.5. The summed E-state index contributed by atoms with van der Waals surface area (Å²) in [4.78, 5) is 4.39. The van der Waals surface area contributed by atoms with Gasteiger partial charge in [0.15, 0.2) is 15.1 Å². The lowest BCUT2D eigenvalue weighted by atomic mass is 10.3. The zero-order valence-corrected chi connectivity index (χ0v) is 13.2. The van der Waals surface area contributed by atoms with Gasteiger partial charge in [0.1, 0.15) is 5.82 Å². The van der Waals surface area contributed by atoms with Crippen LogP contribution in [0.4, 0.5) is 10.1 Å². The Labute approximate surface area is 133 Å². The smallest absolute Gasteiger partial charge is 0.278 e. The van der Waals surface area contributed by atoms with Crippen molar-refractivity contribution in [1.82, 2.24) is 9.38 Å². The van der Waals surface area contributed by atoms with Crippen molar-refractivity contribution in [2.45, 2.75) is 5.03 Å². The first-order valence-corrected chi connectivity index (χ1v) is 8.59. The Morgan fingerprint density at radius 2 is 2.05 bits per heavy atom. The number of sulfonamides is 1. The van der Waals surface area contributed by atoms with Crippen LogP contribution >= 0.6 is 34.5 Å². The second-order valence-corrected chi connectivity index (χ2v) is 7.29. The van der Waals surface area contributed by atoms with Gasteiger partial charge in [-0.15, -0.1) is 11.3 Å². The molecule has 0 aliphatic heterocycles. The second-order valence-electron chi connectivity index (χ2n) is 4.03. The van der Waals surface area contributed by atoms with E-state index in [0.29, 0.717) is 4.96 Å². The molecule has 21 heavy (non-hydrogen) atoms. The number of benzene rings is 1. The summed E-state index contributed by atoms with van der Waals surface area (Å²) in [5.41, 5.74) is 0.00115. The Balaban J connectivity index is 2.08. The molecule has 0 fully saturated rings. The molecule has 5 nitrogen and oxygen atoms in total. The van der Waals surface area contributed by atoms with Gasteiger partial charge < -0.3 is 0 Å². The predicted molar refractivity (Wildman–Crippen MR) is 80.3 cm³/mol. The molecule has 0 aliphatic rings. The predicted octanol–water partition coefficient (Wildman–Crippen LogP) is 3.64. The summed E-state index contributed by atoms with van der Waals surface area (Å²) in [5, 5.41) is 1.39. The monoisotopic (exact) mass is 365 g/mol. The molecule has 1 aromatic carbocycles. The van der Waals surface area contributed by atoms with Gasteiger partial charge in [0.05, 0.1) is 5.69 Å². The maximum atomic E-state index is 13.3. The quantitative estimate of drug-likeness (QED) is 0.770. The van der Waals surface area contributed by atoms with Crippen molar-refractivity contribution in [1.29, 1.82) is 0 Å². The number of hydrogen-bond acceptors (Lipinski definition) is 4. The Kier molecular flexibility index (Phi) is 3.56. The number of thiazole rings is 1. The third kappa shape index (κ3) is 2.71. The van der Waals surface area contributed by atoms with Crippen molar-refractivity contribution in [3.8, 4) is 0 Å². The summed E-state index contributed by atoms with van der Waals surface area (Å²) in [6.45, 7) is 0. The van der Waals surface area contributed by atoms with Gasteiger partial charge in [-0.3, -0.25) is 9.12 Å². The van der Waals surface area contributed by atoms with Gasteiger partial charge >= 0.3 is 0 Å². The molecule has 0 atom stereocenters. The summed E-state index contributed by atoms with van der Waals surface area (Å²) in [7, 11) is -4.03. The van der Waals surface area contributed by atoms with E-state index in [1.807, 2.05) is 0 Å². The zero-order valence-electron chi connectivity index (χ0n) is 10.0. The Bertz CT molecular complexity index is 916. The van der Waals surface area contributed by atoms with E-state index in [9.17, 15) is 12.8 Å². The average molecular weight is 366 g/mol. The largest absolute Gasteiger partial charge is 0.281 e. The summed E-state index contributed by atoms with van der Waals surface area (Å²) in [5.74, 6) is -0.653. The lowest BCUT2D eigenvalue weighted by Gasteiger charge is -2.08. The molecule has 0 radical (unpaired) electrons. The van der Waals surface area contributed by atoms with Crippen molar-refractivity contribution in [2.75, 3.05) is 4.72 Å². The van der Waals surface area contributed by atoms with E-state index >= 15 is 0 Å². The van der Waals surface area contributed by atoms with Crippen LogP contribution in [0.25, 0.3) is 4.96 Å². The molecule has 0 saturated carbocycles. The molecule has 0 unspecified atom stereocenters. The van der Waals surface area contributed by atoms with Crippen molar-refractivity contribution >= 4 is 55.2 Å². The highest BCUT2D eigenvalue weighted by molar-refractivity contribution is 7.92. The van der Waals surface area contributed by atoms with Gasteiger partial charge in [-0.05, 0) is 18.2 Å². The van der Waals surface area contributed by atoms with Crippen LogP contribution in [-0.4, -0.2) is 17.8 Å². The number of imidazole rings is 1. The van der Waals surface area contributed by atoms with Gasteiger partial charge in [0.25, 0.3) is 10.0 Å². The van der Waals surface area contributed by atoms with Gasteiger partial charge in [0.2, 0.25) is 0 Å². The molecule has 0 saturated heterocycles. The van der Waals surface area contributed by atoms with Gasteiger partial charge in [0, 0.05) is 16.6 Å². The Morgan fingerprint density at radius 3 is 2.76 bits per heavy atom. The first-order chi connectivity index (χ1) is 9.87. The molecule has 110 valence electrons. The normalized spacial score (nSPS) is 12.0. The lowest BCUT2D eigenvalue weighted by Crippen LogP contribution is -2.15. The molecule has 2 heterocycles. The van der Waals surface area contributed by atoms with Gasteiger partial charge in [-0.25, -0.2) is 9.37 Å². The highest BCUT2D eigenvalue weighted by Crippen LogP contribution is 2.28. The maximum Gasteiger partial charge on any atom is 0.281 e. The van der Waals surface area contributed by atoms with E-state index in [1.54, 1.807) is 5.38 Å². The first kappa shape index (κ1) is 14.6. The molecular formula is C11H6Cl2FN3O2S2. The summed E-state index contributed by atoms with van der Waals surface area (Å²) < 4.78 is 41.6. The van der Waals surface area contributed by atoms with E-state index in [2.05, 4.69) is 9.71 Å². The number of nitrogens with one attached hydrogen (secondary N) is 1. The molecule has 1 N–H and O–H groups in total. The van der Waals surface area contributed by atoms with Crippen LogP contribution in [-0.2, 0) is 10.0 Å². The highest BCUT2D eigenvalue weighted by Gasteiger charge is 2.25. The molecule has 0 spiro atoms. The van der Waals surface area contributed by atoms with Crippen molar-refractivity contribution in [3.05, 3.63) is 45.8 Å². The number of anilines is 1. The Morgan fingerprint density at radius 1 is 1.29 bits per heavy atom. The first-order valence-electron chi connectivity index (χ1n) is 5.47. The number of hydrogen-bond donors (Lipinski definition) is 1. The number of nitrogens with zero attached hydrogens (tertiary/aromatic N) is 2. The topological polar surface area (TPSA) is 63.5 Å². The minimum atomic E-state index is -4.03. The molecule has 3 aromatic rings. The molecule has 10 heteroatoms. The number of fused-ring (bicyclic) bond motifs is 1. The van der Waals surface area contributed by atoms with Crippen LogP contribution in [0, 0.1) is 5.82 Å². The van der Waals surface area contributed by atoms with Crippen molar-refractivity contribution in [3.63, 3.8) is 0 Å². The standard InChI is InChI=1S/C11H6Cl2FN3O2S2/c12-6-3-7(14)5-8(4-6)16-21(18,19)10-9(13)15-11-17(10)1-2-20-11/h1-5,16H.